The molecule has 1 aromatic carbocycles. The highest BCUT2D eigenvalue weighted by Gasteiger charge is 2.29. The lowest BCUT2D eigenvalue weighted by Crippen LogP contribution is -2.41. The predicted molar refractivity (Wildman–Crippen MR) is 105 cm³/mol. The number of hydrogen-bond donors (Lipinski definition) is 0. The maximum absolute atomic E-state index is 12.7. The molecule has 1 saturated heterocycles. The van der Waals surface area contributed by atoms with Crippen molar-refractivity contribution >= 4 is 17.5 Å². The van der Waals surface area contributed by atoms with Crippen molar-refractivity contribution in [3.8, 4) is 11.5 Å². The van der Waals surface area contributed by atoms with Crippen molar-refractivity contribution in [1.82, 2.24) is 9.80 Å². The summed E-state index contributed by atoms with van der Waals surface area (Å²) in [6.45, 7) is 1.55. The van der Waals surface area contributed by atoms with Crippen LogP contribution in [0.25, 0.3) is 0 Å². The number of benzene rings is 1. The lowest BCUT2D eigenvalue weighted by molar-refractivity contribution is -0.131. The van der Waals surface area contributed by atoms with Gasteiger partial charge in [0.25, 0.3) is 0 Å². The van der Waals surface area contributed by atoms with E-state index in [4.69, 9.17) is 21.1 Å². The van der Waals surface area contributed by atoms with Crippen LogP contribution in [0.3, 0.4) is 0 Å². The van der Waals surface area contributed by atoms with Gasteiger partial charge in [0.05, 0.1) is 0 Å². The number of amides is 1. The second kappa shape index (κ2) is 8.27. The summed E-state index contributed by atoms with van der Waals surface area (Å²) in [7, 11) is 2.26. The minimum atomic E-state index is 0.225. The summed E-state index contributed by atoms with van der Waals surface area (Å²) in [6, 6.07) is 4.89. The average molecular weight is 393 g/mol. The lowest BCUT2D eigenvalue weighted by atomic mass is 9.92. The van der Waals surface area contributed by atoms with Crippen LogP contribution < -0.4 is 9.47 Å². The van der Waals surface area contributed by atoms with E-state index in [-0.39, 0.29) is 12.7 Å². The summed E-state index contributed by atoms with van der Waals surface area (Å²) in [5.74, 6) is 1.62. The minimum absolute atomic E-state index is 0.225. The van der Waals surface area contributed by atoms with Gasteiger partial charge >= 0.3 is 0 Å². The fraction of sp³-hybridized carbons (Fsp3) is 0.667. The molecule has 1 unspecified atom stereocenters. The van der Waals surface area contributed by atoms with Crippen LogP contribution in [-0.2, 0) is 11.3 Å². The molecule has 4 rings (SSSR count). The molecule has 0 aromatic heterocycles. The Hall–Kier alpha value is -1.46. The van der Waals surface area contributed by atoms with Crippen LogP contribution >= 0.6 is 11.6 Å². The van der Waals surface area contributed by atoms with E-state index >= 15 is 0 Å². The van der Waals surface area contributed by atoms with Crippen LogP contribution in [0.4, 0.5) is 0 Å². The molecule has 1 atom stereocenters. The van der Waals surface area contributed by atoms with Crippen molar-refractivity contribution in [2.24, 2.45) is 0 Å². The third-order valence-corrected chi connectivity index (χ3v) is 6.76. The second-order valence-electron chi connectivity index (χ2n) is 8.05. The fourth-order valence-corrected chi connectivity index (χ4v) is 4.88. The molecule has 5 nitrogen and oxygen atoms in total. The summed E-state index contributed by atoms with van der Waals surface area (Å²) < 4.78 is 10.8. The molecule has 0 spiro atoms. The van der Waals surface area contributed by atoms with Crippen molar-refractivity contribution in [1.29, 1.82) is 0 Å². The maximum Gasteiger partial charge on any atom is 0.231 e. The Morgan fingerprint density at radius 3 is 2.56 bits per heavy atom. The fourth-order valence-electron chi connectivity index (χ4n) is 4.67. The van der Waals surface area contributed by atoms with Crippen molar-refractivity contribution in [2.75, 3.05) is 20.4 Å². The molecule has 0 N–H and O–H groups in total. The summed E-state index contributed by atoms with van der Waals surface area (Å²) in [5, 5.41) is 0.632. The molecule has 1 saturated carbocycles. The van der Waals surface area contributed by atoms with Gasteiger partial charge < -0.3 is 19.3 Å². The van der Waals surface area contributed by atoms with Gasteiger partial charge in [-0.15, -0.1) is 0 Å². The summed E-state index contributed by atoms with van der Waals surface area (Å²) in [5.41, 5.74) is 0.924. The molecule has 6 heteroatoms. The molecule has 0 radical (unpaired) electrons. The van der Waals surface area contributed by atoms with E-state index in [1.807, 2.05) is 11.0 Å². The number of fused-ring (bicyclic) bond motifs is 1. The van der Waals surface area contributed by atoms with E-state index in [0.29, 0.717) is 41.6 Å². The van der Waals surface area contributed by atoms with Gasteiger partial charge in [0.1, 0.15) is 0 Å². The van der Waals surface area contributed by atoms with E-state index in [0.717, 1.165) is 24.9 Å². The van der Waals surface area contributed by atoms with Crippen molar-refractivity contribution in [2.45, 2.75) is 70.0 Å². The maximum atomic E-state index is 12.7. The SMILES string of the molecule is CN(C1CCCCC1)C1CCC(=O)N(Cc2cc3c(cc2Cl)OCO3)CC1. The number of carbonyl (C=O) groups is 1. The quantitative estimate of drug-likeness (QED) is 0.769. The van der Waals surface area contributed by atoms with Crippen LogP contribution in [0.2, 0.25) is 5.02 Å². The number of ether oxygens (including phenoxy) is 2. The predicted octanol–water partition coefficient (Wildman–Crippen LogP) is 4.21. The Morgan fingerprint density at radius 2 is 1.78 bits per heavy atom. The standard InChI is InChI=1S/C21H29ClN2O3/c1-23(16-5-3-2-4-6-16)17-7-8-21(25)24(10-9-17)13-15-11-19-20(12-18(15)22)27-14-26-19/h11-12,16-17H,2-10,13-14H2,1H3. The monoisotopic (exact) mass is 392 g/mol. The van der Waals surface area contributed by atoms with Crippen molar-refractivity contribution < 1.29 is 14.3 Å². The van der Waals surface area contributed by atoms with Crippen LogP contribution in [0.15, 0.2) is 12.1 Å². The molecular formula is C21H29ClN2O3. The zero-order valence-corrected chi connectivity index (χ0v) is 16.8. The molecule has 1 amide bonds. The molecule has 1 aliphatic carbocycles. The average Bonchev–Trinajstić information content (AvgIpc) is 3.05. The van der Waals surface area contributed by atoms with Crippen LogP contribution in [-0.4, -0.2) is 48.2 Å². The number of halogens is 1. The third kappa shape index (κ3) is 4.19. The van der Waals surface area contributed by atoms with Gasteiger partial charge in [0.15, 0.2) is 11.5 Å². The van der Waals surface area contributed by atoms with E-state index in [1.54, 1.807) is 6.07 Å². The summed E-state index contributed by atoms with van der Waals surface area (Å²) in [6.07, 6.45) is 9.26. The molecule has 1 aromatic rings. The van der Waals surface area contributed by atoms with Crippen LogP contribution in [0.5, 0.6) is 11.5 Å². The van der Waals surface area contributed by atoms with Gasteiger partial charge in [-0.2, -0.15) is 0 Å². The Kier molecular flexibility index (Phi) is 5.79. The normalized spacial score (nSPS) is 23.7. The Labute approximate surface area is 166 Å². The molecule has 148 valence electrons. The molecule has 2 heterocycles. The summed E-state index contributed by atoms with van der Waals surface area (Å²) in [4.78, 5) is 17.2. The second-order valence-corrected chi connectivity index (χ2v) is 8.46. The largest absolute Gasteiger partial charge is 0.454 e. The Balaban J connectivity index is 1.40. The number of carbonyl (C=O) groups excluding carboxylic acids is 1. The molecule has 0 bridgehead atoms. The zero-order chi connectivity index (χ0) is 18.8. The molecule has 2 aliphatic heterocycles. The third-order valence-electron chi connectivity index (χ3n) is 6.41. The first-order valence-electron chi connectivity index (χ1n) is 10.2. The number of likely N-dealkylation sites (tertiary alicyclic amines) is 1. The number of nitrogens with zero attached hydrogens (tertiary/aromatic N) is 2. The number of rotatable bonds is 4. The van der Waals surface area contributed by atoms with Crippen LogP contribution in [0.1, 0.15) is 56.9 Å². The number of hydrogen-bond acceptors (Lipinski definition) is 4. The lowest BCUT2D eigenvalue weighted by Gasteiger charge is -2.37. The van der Waals surface area contributed by atoms with Gasteiger partial charge in [-0.25, -0.2) is 0 Å². The first kappa shape index (κ1) is 18.9. The van der Waals surface area contributed by atoms with E-state index in [1.165, 1.54) is 32.1 Å². The first-order valence-corrected chi connectivity index (χ1v) is 10.6. The van der Waals surface area contributed by atoms with Gasteiger partial charge in [-0.05, 0) is 44.4 Å². The molecule has 3 aliphatic rings. The first-order chi connectivity index (χ1) is 13.1. The van der Waals surface area contributed by atoms with Gasteiger partial charge in [0, 0.05) is 42.7 Å². The summed E-state index contributed by atoms with van der Waals surface area (Å²) >= 11 is 6.41. The Morgan fingerprint density at radius 1 is 1.07 bits per heavy atom. The van der Waals surface area contributed by atoms with E-state index in [9.17, 15) is 4.79 Å². The minimum Gasteiger partial charge on any atom is -0.454 e. The van der Waals surface area contributed by atoms with Gasteiger partial charge in [-0.3, -0.25) is 4.79 Å². The highest BCUT2D eigenvalue weighted by Crippen LogP contribution is 2.37. The zero-order valence-electron chi connectivity index (χ0n) is 16.1. The topological polar surface area (TPSA) is 42.0 Å². The smallest absolute Gasteiger partial charge is 0.231 e. The van der Waals surface area contributed by atoms with Crippen molar-refractivity contribution in [3.05, 3.63) is 22.7 Å². The van der Waals surface area contributed by atoms with Crippen molar-refractivity contribution in [3.63, 3.8) is 0 Å². The van der Waals surface area contributed by atoms with Gasteiger partial charge in [0.2, 0.25) is 12.7 Å². The van der Waals surface area contributed by atoms with Gasteiger partial charge in [-0.1, -0.05) is 30.9 Å². The molecule has 27 heavy (non-hydrogen) atoms. The molecule has 2 fully saturated rings. The highest BCUT2D eigenvalue weighted by atomic mass is 35.5. The Bertz CT molecular complexity index is 690. The van der Waals surface area contributed by atoms with E-state index < -0.39 is 0 Å². The van der Waals surface area contributed by atoms with E-state index in [2.05, 4.69) is 11.9 Å². The molecular weight excluding hydrogens is 364 g/mol. The highest BCUT2D eigenvalue weighted by molar-refractivity contribution is 6.31. The van der Waals surface area contributed by atoms with Crippen LogP contribution in [0, 0.1) is 0 Å².